The van der Waals surface area contributed by atoms with E-state index in [0.29, 0.717) is 4.57 Å². The Balaban J connectivity index is 1.78. The molecule has 0 aliphatic rings. The summed E-state index contributed by atoms with van der Waals surface area (Å²) in [5.41, 5.74) is -0.885. The van der Waals surface area contributed by atoms with Crippen LogP contribution in [-0.4, -0.2) is 28.6 Å². The zero-order chi connectivity index (χ0) is 18.4. The smallest absolute Gasteiger partial charge is 0.416 e. The van der Waals surface area contributed by atoms with E-state index in [1.54, 1.807) is 0 Å². The Kier molecular flexibility index (Phi) is 5.94. The number of alkyl halides is 5. The molecule has 0 aliphatic heterocycles. The maximum absolute atomic E-state index is 12.6. The van der Waals surface area contributed by atoms with Gasteiger partial charge in [0.05, 0.1) is 5.56 Å². The molecule has 0 unspecified atom stereocenters. The lowest BCUT2D eigenvalue weighted by molar-refractivity contribution is -0.137. The van der Waals surface area contributed by atoms with E-state index in [4.69, 9.17) is 4.74 Å². The summed E-state index contributed by atoms with van der Waals surface area (Å²) in [6, 6.07) is 4.13. The monoisotopic (exact) mass is 363 g/mol. The number of imidazole rings is 1. The molecular weight excluding hydrogens is 349 g/mol. The van der Waals surface area contributed by atoms with Crippen molar-refractivity contribution in [1.82, 2.24) is 14.9 Å². The third-order valence-corrected chi connectivity index (χ3v) is 3.16. The lowest BCUT2D eigenvalue weighted by atomic mass is 10.2. The molecule has 0 radical (unpaired) electrons. The maximum atomic E-state index is 12.6. The van der Waals surface area contributed by atoms with Crippen LogP contribution in [0.2, 0.25) is 0 Å². The van der Waals surface area contributed by atoms with Gasteiger partial charge >= 0.3 is 12.7 Å². The Morgan fingerprint density at radius 1 is 1.32 bits per heavy atom. The van der Waals surface area contributed by atoms with E-state index in [1.165, 1.54) is 18.3 Å². The fourth-order valence-corrected chi connectivity index (χ4v) is 1.99. The molecule has 1 aromatic carbocycles. The average Bonchev–Trinajstić information content (AvgIpc) is 3.01. The van der Waals surface area contributed by atoms with Crippen molar-refractivity contribution in [2.75, 3.05) is 13.2 Å². The second kappa shape index (κ2) is 7.95. The van der Waals surface area contributed by atoms with Crippen LogP contribution in [0.4, 0.5) is 22.0 Å². The van der Waals surface area contributed by atoms with Gasteiger partial charge < -0.3 is 10.1 Å². The fraction of sp³-hybridized carbons (Fsp3) is 0.333. The quantitative estimate of drug-likeness (QED) is 0.770. The first kappa shape index (κ1) is 18.7. The number of hydrogen-bond donors (Lipinski definition) is 1. The van der Waals surface area contributed by atoms with E-state index in [2.05, 4.69) is 10.3 Å². The Labute approximate surface area is 139 Å². The summed E-state index contributed by atoms with van der Waals surface area (Å²) in [7, 11) is 0. The third kappa shape index (κ3) is 5.44. The van der Waals surface area contributed by atoms with Gasteiger partial charge in [-0.2, -0.15) is 22.0 Å². The van der Waals surface area contributed by atoms with Gasteiger partial charge in [0, 0.05) is 25.4 Å². The highest BCUT2D eigenvalue weighted by molar-refractivity contribution is 5.77. The summed E-state index contributed by atoms with van der Waals surface area (Å²) in [4.78, 5) is 15.4. The van der Waals surface area contributed by atoms with Crippen molar-refractivity contribution >= 4 is 5.91 Å². The molecular formula is C15H14F5N3O2. The van der Waals surface area contributed by atoms with Gasteiger partial charge in [-0.25, -0.2) is 4.98 Å². The lowest BCUT2D eigenvalue weighted by Gasteiger charge is -2.10. The molecule has 0 spiro atoms. The maximum Gasteiger partial charge on any atom is 0.416 e. The zero-order valence-corrected chi connectivity index (χ0v) is 12.8. The van der Waals surface area contributed by atoms with Gasteiger partial charge in [0.1, 0.15) is 11.6 Å². The van der Waals surface area contributed by atoms with E-state index in [0.717, 1.165) is 18.3 Å². The van der Waals surface area contributed by atoms with Crippen molar-refractivity contribution in [2.45, 2.75) is 19.1 Å². The van der Waals surface area contributed by atoms with Crippen LogP contribution in [0.5, 0.6) is 5.75 Å². The van der Waals surface area contributed by atoms with E-state index >= 15 is 0 Å². The largest absolute Gasteiger partial charge is 0.484 e. The van der Waals surface area contributed by atoms with Gasteiger partial charge in [-0.1, -0.05) is 6.07 Å². The van der Waals surface area contributed by atoms with Gasteiger partial charge in [0.2, 0.25) is 0 Å². The summed E-state index contributed by atoms with van der Waals surface area (Å²) >= 11 is 0. The minimum atomic E-state index is -4.51. The SMILES string of the molecule is O=C(COc1cccc(C(F)(F)F)c1)NCCc1nccn1C(F)F. The van der Waals surface area contributed by atoms with Crippen LogP contribution < -0.4 is 10.1 Å². The van der Waals surface area contributed by atoms with Gasteiger partial charge in [-0.05, 0) is 18.2 Å². The molecule has 1 aromatic heterocycles. The Bertz CT molecular complexity index is 715. The molecule has 0 fully saturated rings. The number of nitrogens with zero attached hydrogens (tertiary/aromatic N) is 2. The minimum Gasteiger partial charge on any atom is -0.484 e. The molecule has 2 rings (SSSR count). The van der Waals surface area contributed by atoms with Crippen molar-refractivity contribution in [3.8, 4) is 5.75 Å². The van der Waals surface area contributed by atoms with Crippen molar-refractivity contribution in [1.29, 1.82) is 0 Å². The number of carbonyl (C=O) groups is 1. The molecule has 136 valence electrons. The van der Waals surface area contributed by atoms with Crippen LogP contribution >= 0.6 is 0 Å². The first-order chi connectivity index (χ1) is 11.8. The first-order valence-corrected chi connectivity index (χ1v) is 7.14. The number of hydrogen-bond acceptors (Lipinski definition) is 3. The van der Waals surface area contributed by atoms with Crippen molar-refractivity contribution < 1.29 is 31.5 Å². The van der Waals surface area contributed by atoms with Gasteiger partial charge in [0.15, 0.2) is 6.61 Å². The summed E-state index contributed by atoms with van der Waals surface area (Å²) in [5.74, 6) is -0.583. The number of rotatable bonds is 7. The number of ether oxygens (including phenoxy) is 1. The van der Waals surface area contributed by atoms with Crippen LogP contribution in [0.15, 0.2) is 36.7 Å². The first-order valence-electron chi connectivity index (χ1n) is 7.14. The Hall–Kier alpha value is -2.65. The van der Waals surface area contributed by atoms with Crippen molar-refractivity contribution in [3.63, 3.8) is 0 Å². The molecule has 1 amide bonds. The third-order valence-electron chi connectivity index (χ3n) is 3.16. The molecule has 0 atom stereocenters. The van der Waals surface area contributed by atoms with Gasteiger partial charge in [-0.15, -0.1) is 0 Å². The molecule has 0 aliphatic carbocycles. The molecule has 1 N–H and O–H groups in total. The minimum absolute atomic E-state index is 0.0362. The van der Waals surface area contributed by atoms with Gasteiger partial charge in [0.25, 0.3) is 5.91 Å². The normalized spacial score (nSPS) is 11.6. The molecule has 1 heterocycles. The number of halogens is 5. The van der Waals surface area contributed by atoms with Crippen LogP contribution in [0.25, 0.3) is 0 Å². The summed E-state index contributed by atoms with van der Waals surface area (Å²) in [6.07, 6.45) is -2.08. The van der Waals surface area contributed by atoms with Crippen LogP contribution in [0.1, 0.15) is 17.9 Å². The topological polar surface area (TPSA) is 56.1 Å². The summed E-state index contributed by atoms with van der Waals surface area (Å²) < 4.78 is 68.6. The van der Waals surface area contributed by atoms with Crippen molar-refractivity contribution in [2.24, 2.45) is 0 Å². The van der Waals surface area contributed by atoms with Crippen molar-refractivity contribution in [3.05, 3.63) is 48.0 Å². The van der Waals surface area contributed by atoms with Crippen LogP contribution in [-0.2, 0) is 17.4 Å². The summed E-state index contributed by atoms with van der Waals surface area (Å²) in [5, 5.41) is 2.42. The van der Waals surface area contributed by atoms with E-state index in [1.807, 2.05) is 0 Å². The molecule has 5 nitrogen and oxygen atoms in total. The number of benzene rings is 1. The van der Waals surface area contributed by atoms with Gasteiger partial charge in [-0.3, -0.25) is 9.36 Å². The van der Waals surface area contributed by atoms with E-state index in [-0.39, 0.29) is 24.5 Å². The Morgan fingerprint density at radius 2 is 2.08 bits per heavy atom. The predicted molar refractivity (Wildman–Crippen MR) is 77.1 cm³/mol. The van der Waals surface area contributed by atoms with E-state index < -0.39 is 30.8 Å². The molecule has 10 heteroatoms. The fourth-order valence-electron chi connectivity index (χ4n) is 1.99. The molecule has 25 heavy (non-hydrogen) atoms. The number of amides is 1. The highest BCUT2D eigenvalue weighted by Crippen LogP contribution is 2.31. The Morgan fingerprint density at radius 3 is 2.76 bits per heavy atom. The average molecular weight is 363 g/mol. The zero-order valence-electron chi connectivity index (χ0n) is 12.8. The number of aromatic nitrogens is 2. The predicted octanol–water partition coefficient (Wildman–Crippen LogP) is 3.03. The summed E-state index contributed by atoms with van der Waals surface area (Å²) in [6.45, 7) is -3.18. The molecule has 0 bridgehead atoms. The van der Waals surface area contributed by atoms with Crippen LogP contribution in [0, 0.1) is 0 Å². The number of nitrogens with one attached hydrogen (secondary N) is 1. The van der Waals surface area contributed by atoms with Crippen LogP contribution in [0.3, 0.4) is 0 Å². The molecule has 0 saturated carbocycles. The highest BCUT2D eigenvalue weighted by Gasteiger charge is 2.30. The second-order valence-corrected chi connectivity index (χ2v) is 4.94. The molecule has 2 aromatic rings. The second-order valence-electron chi connectivity index (χ2n) is 4.94. The molecule has 0 saturated heterocycles. The standard InChI is InChI=1S/C15H14F5N3O2/c16-14(17)23-7-6-21-12(23)4-5-22-13(24)9-25-11-3-1-2-10(8-11)15(18,19)20/h1-3,6-8,14H,4-5,9H2,(H,22,24). The highest BCUT2D eigenvalue weighted by atomic mass is 19.4. The lowest BCUT2D eigenvalue weighted by Crippen LogP contribution is -2.31. The van der Waals surface area contributed by atoms with E-state index in [9.17, 15) is 26.7 Å². The number of carbonyl (C=O) groups excluding carboxylic acids is 1.